The molecule has 0 aliphatic heterocycles. The highest BCUT2D eigenvalue weighted by atomic mass is 19.4. The summed E-state index contributed by atoms with van der Waals surface area (Å²) in [5.41, 5.74) is -0.228. The zero-order chi connectivity index (χ0) is 14.8. The van der Waals surface area contributed by atoms with Crippen LogP contribution in [0.2, 0.25) is 0 Å². The van der Waals surface area contributed by atoms with E-state index < -0.39 is 11.7 Å². The van der Waals surface area contributed by atoms with Crippen molar-refractivity contribution in [3.8, 4) is 6.07 Å². The molecule has 2 rings (SSSR count). The molecule has 1 aromatic rings. The largest absolute Gasteiger partial charge is 0.416 e. The Hall–Kier alpha value is -1.70. The molecular weight excluding hydrogens is 265 g/mol. The van der Waals surface area contributed by atoms with Gasteiger partial charge in [0.25, 0.3) is 0 Å². The van der Waals surface area contributed by atoms with Crippen LogP contribution >= 0.6 is 0 Å². The van der Waals surface area contributed by atoms with E-state index in [1.54, 1.807) is 0 Å². The average molecular weight is 282 g/mol. The predicted molar refractivity (Wildman–Crippen MR) is 71.2 cm³/mol. The number of nitrogens with one attached hydrogen (secondary N) is 1. The third-order valence-electron chi connectivity index (χ3n) is 3.76. The summed E-state index contributed by atoms with van der Waals surface area (Å²) in [5.74, 6) is 0.612. The summed E-state index contributed by atoms with van der Waals surface area (Å²) in [4.78, 5) is 0. The average Bonchev–Trinajstić information content (AvgIpc) is 2.38. The standard InChI is InChI=1S/C15H17F3N2/c1-10-3-2-4-13(7-10)20-14-6-5-12(15(16,17)18)8-11(14)9-19/h5-6,8,10,13,20H,2-4,7H2,1H3. The van der Waals surface area contributed by atoms with Gasteiger partial charge in [-0.2, -0.15) is 18.4 Å². The lowest BCUT2D eigenvalue weighted by molar-refractivity contribution is -0.137. The van der Waals surface area contributed by atoms with E-state index in [2.05, 4.69) is 12.2 Å². The number of nitrogens with zero attached hydrogens (tertiary/aromatic N) is 1. The molecule has 1 aliphatic carbocycles. The molecule has 0 amide bonds. The molecule has 108 valence electrons. The molecule has 20 heavy (non-hydrogen) atoms. The Morgan fingerprint density at radius 1 is 1.30 bits per heavy atom. The van der Waals surface area contributed by atoms with Crippen molar-refractivity contribution in [2.75, 3.05) is 5.32 Å². The van der Waals surface area contributed by atoms with E-state index in [-0.39, 0.29) is 11.6 Å². The molecule has 2 nitrogen and oxygen atoms in total. The summed E-state index contributed by atoms with van der Waals surface area (Å²) in [6, 6.07) is 5.38. The van der Waals surface area contributed by atoms with Gasteiger partial charge in [-0.05, 0) is 37.0 Å². The van der Waals surface area contributed by atoms with Gasteiger partial charge in [0.05, 0.1) is 16.8 Å². The number of halogens is 3. The van der Waals surface area contributed by atoms with Crippen molar-refractivity contribution < 1.29 is 13.2 Å². The van der Waals surface area contributed by atoms with E-state index in [0.29, 0.717) is 11.6 Å². The quantitative estimate of drug-likeness (QED) is 0.862. The molecule has 2 unspecified atom stereocenters. The second kappa shape index (κ2) is 5.74. The Morgan fingerprint density at radius 3 is 2.65 bits per heavy atom. The first kappa shape index (κ1) is 14.7. The van der Waals surface area contributed by atoms with Crippen LogP contribution in [0.4, 0.5) is 18.9 Å². The molecule has 1 aromatic carbocycles. The number of hydrogen-bond acceptors (Lipinski definition) is 2. The molecule has 0 bridgehead atoms. The van der Waals surface area contributed by atoms with Crippen LogP contribution in [0.3, 0.4) is 0 Å². The van der Waals surface area contributed by atoms with Gasteiger partial charge in [0.15, 0.2) is 0 Å². The fraction of sp³-hybridized carbons (Fsp3) is 0.533. The number of benzene rings is 1. The van der Waals surface area contributed by atoms with Crippen LogP contribution in [0.25, 0.3) is 0 Å². The Kier molecular flexibility index (Phi) is 4.22. The molecule has 0 heterocycles. The van der Waals surface area contributed by atoms with Gasteiger partial charge in [-0.1, -0.05) is 19.8 Å². The van der Waals surface area contributed by atoms with Crippen LogP contribution in [-0.4, -0.2) is 6.04 Å². The second-order valence-electron chi connectivity index (χ2n) is 5.48. The minimum absolute atomic E-state index is 0.0538. The molecule has 2 atom stereocenters. The van der Waals surface area contributed by atoms with Gasteiger partial charge in [-0.25, -0.2) is 0 Å². The highest BCUT2D eigenvalue weighted by Crippen LogP contribution is 2.33. The molecule has 5 heteroatoms. The summed E-state index contributed by atoms with van der Waals surface area (Å²) >= 11 is 0. The van der Waals surface area contributed by atoms with Gasteiger partial charge in [0, 0.05) is 6.04 Å². The third kappa shape index (κ3) is 3.44. The summed E-state index contributed by atoms with van der Waals surface area (Å²) in [6.45, 7) is 2.17. The van der Waals surface area contributed by atoms with Gasteiger partial charge in [-0.3, -0.25) is 0 Å². The Morgan fingerprint density at radius 2 is 2.05 bits per heavy atom. The minimum Gasteiger partial charge on any atom is -0.381 e. The maximum absolute atomic E-state index is 12.6. The lowest BCUT2D eigenvalue weighted by Gasteiger charge is -2.28. The smallest absolute Gasteiger partial charge is 0.381 e. The molecule has 1 saturated carbocycles. The summed E-state index contributed by atoms with van der Waals surface area (Å²) in [6.07, 6.45) is -0.122. The Labute approximate surface area is 116 Å². The molecule has 1 fully saturated rings. The van der Waals surface area contributed by atoms with E-state index in [4.69, 9.17) is 5.26 Å². The molecular formula is C15H17F3N2. The van der Waals surface area contributed by atoms with Crippen LogP contribution in [0.5, 0.6) is 0 Å². The van der Waals surface area contributed by atoms with Gasteiger partial charge in [0.1, 0.15) is 6.07 Å². The number of alkyl halides is 3. The van der Waals surface area contributed by atoms with E-state index in [1.165, 1.54) is 12.5 Å². The van der Waals surface area contributed by atoms with E-state index >= 15 is 0 Å². The maximum atomic E-state index is 12.6. The fourth-order valence-corrected chi connectivity index (χ4v) is 2.72. The van der Waals surface area contributed by atoms with Crippen LogP contribution in [0.1, 0.15) is 43.7 Å². The van der Waals surface area contributed by atoms with E-state index in [0.717, 1.165) is 31.4 Å². The van der Waals surface area contributed by atoms with Gasteiger partial charge < -0.3 is 5.32 Å². The monoisotopic (exact) mass is 282 g/mol. The maximum Gasteiger partial charge on any atom is 0.416 e. The van der Waals surface area contributed by atoms with E-state index in [9.17, 15) is 13.2 Å². The zero-order valence-corrected chi connectivity index (χ0v) is 11.3. The van der Waals surface area contributed by atoms with Gasteiger partial charge in [0.2, 0.25) is 0 Å². The molecule has 0 spiro atoms. The van der Waals surface area contributed by atoms with Crippen LogP contribution in [0.15, 0.2) is 18.2 Å². The first-order chi connectivity index (χ1) is 9.40. The number of anilines is 1. The van der Waals surface area contributed by atoms with Crippen molar-refractivity contribution in [1.29, 1.82) is 5.26 Å². The Bertz CT molecular complexity index is 517. The van der Waals surface area contributed by atoms with Crippen molar-refractivity contribution in [2.24, 2.45) is 5.92 Å². The zero-order valence-electron chi connectivity index (χ0n) is 11.3. The third-order valence-corrected chi connectivity index (χ3v) is 3.76. The number of rotatable bonds is 2. The van der Waals surface area contributed by atoms with Crippen LogP contribution in [-0.2, 0) is 6.18 Å². The first-order valence-electron chi connectivity index (χ1n) is 6.78. The van der Waals surface area contributed by atoms with Crippen LogP contribution in [0, 0.1) is 17.2 Å². The first-order valence-corrected chi connectivity index (χ1v) is 6.78. The number of hydrogen-bond donors (Lipinski definition) is 1. The molecule has 1 aliphatic rings. The van der Waals surface area contributed by atoms with Crippen molar-refractivity contribution >= 4 is 5.69 Å². The Balaban J connectivity index is 2.18. The van der Waals surface area contributed by atoms with Crippen molar-refractivity contribution in [1.82, 2.24) is 0 Å². The van der Waals surface area contributed by atoms with E-state index in [1.807, 2.05) is 6.07 Å². The molecule has 0 radical (unpaired) electrons. The van der Waals surface area contributed by atoms with Crippen LogP contribution < -0.4 is 5.32 Å². The van der Waals surface area contributed by atoms with Gasteiger partial charge >= 0.3 is 6.18 Å². The summed E-state index contributed by atoms with van der Waals surface area (Å²) in [7, 11) is 0. The highest BCUT2D eigenvalue weighted by Gasteiger charge is 2.31. The fourth-order valence-electron chi connectivity index (χ4n) is 2.72. The summed E-state index contributed by atoms with van der Waals surface area (Å²) in [5, 5.41) is 12.3. The lowest BCUT2D eigenvalue weighted by Crippen LogP contribution is -2.26. The topological polar surface area (TPSA) is 35.8 Å². The van der Waals surface area contributed by atoms with Gasteiger partial charge in [-0.15, -0.1) is 0 Å². The number of nitriles is 1. The second-order valence-corrected chi connectivity index (χ2v) is 5.48. The predicted octanol–water partition coefficient (Wildman–Crippen LogP) is 4.57. The highest BCUT2D eigenvalue weighted by molar-refractivity contribution is 5.59. The van der Waals surface area contributed by atoms with Crippen molar-refractivity contribution in [3.05, 3.63) is 29.3 Å². The van der Waals surface area contributed by atoms with Crippen molar-refractivity contribution in [2.45, 2.75) is 44.8 Å². The molecule has 0 aromatic heterocycles. The van der Waals surface area contributed by atoms with Crippen molar-refractivity contribution in [3.63, 3.8) is 0 Å². The molecule has 1 N–H and O–H groups in total. The minimum atomic E-state index is -4.41. The SMILES string of the molecule is CC1CCCC(Nc2ccc(C(F)(F)F)cc2C#N)C1. The lowest BCUT2D eigenvalue weighted by atomic mass is 9.87. The molecule has 0 saturated heterocycles. The summed E-state index contributed by atoms with van der Waals surface area (Å²) < 4.78 is 37.8. The normalized spacial score (nSPS) is 23.1.